The van der Waals surface area contributed by atoms with Crippen molar-refractivity contribution in [3.63, 3.8) is 0 Å². The Morgan fingerprint density at radius 1 is 1.42 bits per heavy atom. The number of ether oxygens (including phenoxy) is 1. The molecule has 0 saturated carbocycles. The van der Waals surface area contributed by atoms with Gasteiger partial charge in [0.1, 0.15) is 6.07 Å². The van der Waals surface area contributed by atoms with Crippen molar-refractivity contribution in [3.8, 4) is 6.07 Å². The Labute approximate surface area is 116 Å². The summed E-state index contributed by atoms with van der Waals surface area (Å²) in [5.41, 5.74) is 3.38. The van der Waals surface area contributed by atoms with E-state index in [1.54, 1.807) is 7.11 Å². The normalized spacial score (nSPS) is 10.6. The van der Waals surface area contributed by atoms with Crippen molar-refractivity contribution in [2.24, 2.45) is 5.92 Å². The van der Waals surface area contributed by atoms with E-state index < -0.39 is 0 Å². The van der Waals surface area contributed by atoms with Gasteiger partial charge in [-0.1, -0.05) is 13.8 Å². The average Bonchev–Trinajstić information content (AvgIpc) is 2.33. The molecule has 0 bridgehead atoms. The summed E-state index contributed by atoms with van der Waals surface area (Å²) in [6.07, 6.45) is 0. The second-order valence-electron chi connectivity index (χ2n) is 5.19. The molecule has 4 heteroatoms. The molecule has 0 atom stereocenters. The van der Waals surface area contributed by atoms with Crippen LogP contribution in [0, 0.1) is 31.1 Å². The number of hydrogen-bond donors (Lipinski definition) is 0. The van der Waals surface area contributed by atoms with Crippen LogP contribution < -0.4 is 4.90 Å². The Bertz CT molecular complexity index is 463. The van der Waals surface area contributed by atoms with Crippen LogP contribution in [-0.4, -0.2) is 31.8 Å². The molecule has 0 N–H and O–H groups in total. The molecule has 0 aliphatic heterocycles. The van der Waals surface area contributed by atoms with Crippen LogP contribution in [0.2, 0.25) is 0 Å². The highest BCUT2D eigenvalue weighted by molar-refractivity contribution is 5.61. The Balaban J connectivity index is 3.16. The monoisotopic (exact) mass is 261 g/mol. The topological polar surface area (TPSA) is 49.1 Å². The molecule has 0 saturated heterocycles. The maximum atomic E-state index is 9.35. The molecule has 1 rings (SSSR count). The lowest BCUT2D eigenvalue weighted by Crippen LogP contribution is -2.32. The summed E-state index contributed by atoms with van der Waals surface area (Å²) in [6.45, 7) is 10.5. The number of hydrogen-bond acceptors (Lipinski definition) is 4. The fraction of sp³-hybridized carbons (Fsp3) is 0.600. The van der Waals surface area contributed by atoms with Crippen molar-refractivity contribution >= 4 is 5.69 Å². The highest BCUT2D eigenvalue weighted by Crippen LogP contribution is 2.24. The summed E-state index contributed by atoms with van der Waals surface area (Å²) in [6, 6.07) is 4.27. The highest BCUT2D eigenvalue weighted by Gasteiger charge is 2.15. The fourth-order valence-corrected chi connectivity index (χ4v) is 2.15. The van der Waals surface area contributed by atoms with Crippen LogP contribution >= 0.6 is 0 Å². The van der Waals surface area contributed by atoms with E-state index in [4.69, 9.17) is 4.74 Å². The molecule has 0 fully saturated rings. The summed E-state index contributed by atoms with van der Waals surface area (Å²) >= 11 is 0. The predicted octanol–water partition coefficient (Wildman–Crippen LogP) is 2.68. The van der Waals surface area contributed by atoms with Gasteiger partial charge in [-0.15, -0.1) is 0 Å². The van der Waals surface area contributed by atoms with Gasteiger partial charge in [0.15, 0.2) is 0 Å². The number of anilines is 1. The number of nitrogens with zero attached hydrogens (tertiary/aromatic N) is 3. The summed E-state index contributed by atoms with van der Waals surface area (Å²) in [7, 11) is 1.70. The zero-order valence-electron chi connectivity index (χ0n) is 12.5. The van der Waals surface area contributed by atoms with E-state index in [1.807, 2.05) is 19.9 Å². The van der Waals surface area contributed by atoms with Crippen LogP contribution in [0.5, 0.6) is 0 Å². The molecule has 0 amide bonds. The third-order valence-electron chi connectivity index (χ3n) is 2.91. The number of rotatable bonds is 6. The maximum absolute atomic E-state index is 9.35. The lowest BCUT2D eigenvalue weighted by molar-refractivity contribution is 0.204. The zero-order valence-corrected chi connectivity index (χ0v) is 12.5. The van der Waals surface area contributed by atoms with Crippen molar-refractivity contribution in [1.82, 2.24) is 4.98 Å². The highest BCUT2D eigenvalue weighted by atomic mass is 16.5. The van der Waals surface area contributed by atoms with Gasteiger partial charge in [0.05, 0.1) is 23.6 Å². The average molecular weight is 261 g/mol. The number of aryl methyl sites for hydroxylation is 2. The molecule has 0 spiro atoms. The fourth-order valence-electron chi connectivity index (χ4n) is 2.15. The van der Waals surface area contributed by atoms with E-state index in [0.717, 1.165) is 30.2 Å². The minimum Gasteiger partial charge on any atom is -0.383 e. The summed E-state index contributed by atoms with van der Waals surface area (Å²) in [5.74, 6) is 0.525. The van der Waals surface area contributed by atoms with Gasteiger partial charge in [0.2, 0.25) is 0 Å². The molecule has 0 aliphatic carbocycles. The summed E-state index contributed by atoms with van der Waals surface area (Å²) in [4.78, 5) is 6.58. The maximum Gasteiger partial charge on any atom is 0.103 e. The second-order valence-corrected chi connectivity index (χ2v) is 5.19. The molecule has 4 nitrogen and oxygen atoms in total. The van der Waals surface area contributed by atoms with Gasteiger partial charge in [0.25, 0.3) is 0 Å². The van der Waals surface area contributed by atoms with Crippen LogP contribution in [0.4, 0.5) is 5.69 Å². The van der Waals surface area contributed by atoms with E-state index in [2.05, 4.69) is 29.8 Å². The smallest absolute Gasteiger partial charge is 0.103 e. The summed E-state index contributed by atoms with van der Waals surface area (Å²) in [5, 5.41) is 9.35. The third kappa shape index (κ3) is 4.22. The van der Waals surface area contributed by atoms with E-state index in [0.29, 0.717) is 18.1 Å². The zero-order chi connectivity index (χ0) is 14.4. The van der Waals surface area contributed by atoms with Gasteiger partial charge in [-0.2, -0.15) is 5.26 Å². The van der Waals surface area contributed by atoms with Crippen molar-refractivity contribution < 1.29 is 4.74 Å². The molecule has 1 aromatic rings. The third-order valence-corrected chi connectivity index (χ3v) is 2.91. The molecule has 104 valence electrons. The molecule has 1 aromatic heterocycles. The Kier molecular flexibility index (Phi) is 5.78. The van der Waals surface area contributed by atoms with Crippen LogP contribution in [0.1, 0.15) is 30.8 Å². The molecular weight excluding hydrogens is 238 g/mol. The lowest BCUT2D eigenvalue weighted by atomic mass is 10.1. The first-order valence-electron chi connectivity index (χ1n) is 6.61. The van der Waals surface area contributed by atoms with Crippen LogP contribution in [0.3, 0.4) is 0 Å². The SMILES string of the molecule is COCCN(CC(C)C)c1cc(C)nc(C)c1C#N. The van der Waals surface area contributed by atoms with Crippen LogP contribution in [0.15, 0.2) is 6.07 Å². The molecular formula is C15H23N3O. The standard InChI is InChI=1S/C15H23N3O/c1-11(2)10-18(6-7-19-5)15-8-12(3)17-13(4)14(15)9-16/h8,11H,6-7,10H2,1-5H3. The molecule has 0 aliphatic rings. The first-order valence-corrected chi connectivity index (χ1v) is 6.61. The predicted molar refractivity (Wildman–Crippen MR) is 77.4 cm³/mol. The minimum absolute atomic E-state index is 0.525. The second kappa shape index (κ2) is 7.10. The first-order chi connectivity index (χ1) is 8.99. The number of nitriles is 1. The minimum atomic E-state index is 0.525. The number of aromatic nitrogens is 1. The van der Waals surface area contributed by atoms with Gasteiger partial charge in [0, 0.05) is 25.9 Å². The van der Waals surface area contributed by atoms with Crippen LogP contribution in [-0.2, 0) is 4.74 Å². The first kappa shape index (κ1) is 15.5. The molecule has 0 radical (unpaired) electrons. The van der Waals surface area contributed by atoms with Crippen molar-refractivity contribution in [2.45, 2.75) is 27.7 Å². The Hall–Kier alpha value is -1.60. The van der Waals surface area contributed by atoms with Gasteiger partial charge >= 0.3 is 0 Å². The Morgan fingerprint density at radius 2 is 2.11 bits per heavy atom. The summed E-state index contributed by atoms with van der Waals surface area (Å²) < 4.78 is 5.17. The molecule has 0 unspecified atom stereocenters. The van der Waals surface area contributed by atoms with Crippen LogP contribution in [0.25, 0.3) is 0 Å². The quantitative estimate of drug-likeness (QED) is 0.790. The number of pyridine rings is 1. The van der Waals surface area contributed by atoms with Crippen molar-refractivity contribution in [3.05, 3.63) is 23.0 Å². The van der Waals surface area contributed by atoms with E-state index in [1.165, 1.54) is 0 Å². The van der Waals surface area contributed by atoms with Gasteiger partial charge in [-0.3, -0.25) is 4.98 Å². The largest absolute Gasteiger partial charge is 0.383 e. The van der Waals surface area contributed by atoms with Gasteiger partial charge < -0.3 is 9.64 Å². The lowest BCUT2D eigenvalue weighted by Gasteiger charge is -2.28. The van der Waals surface area contributed by atoms with Crippen molar-refractivity contribution in [1.29, 1.82) is 5.26 Å². The molecule has 0 aromatic carbocycles. The van der Waals surface area contributed by atoms with Gasteiger partial charge in [-0.25, -0.2) is 0 Å². The van der Waals surface area contributed by atoms with E-state index in [-0.39, 0.29) is 0 Å². The molecule has 19 heavy (non-hydrogen) atoms. The number of methoxy groups -OCH3 is 1. The Morgan fingerprint density at radius 3 is 2.63 bits per heavy atom. The van der Waals surface area contributed by atoms with Crippen molar-refractivity contribution in [2.75, 3.05) is 31.7 Å². The van der Waals surface area contributed by atoms with E-state index in [9.17, 15) is 5.26 Å². The van der Waals surface area contributed by atoms with E-state index >= 15 is 0 Å². The van der Waals surface area contributed by atoms with Gasteiger partial charge in [-0.05, 0) is 25.8 Å². The molecule has 1 heterocycles.